The molecule has 0 aliphatic carbocycles. The van der Waals surface area contributed by atoms with Crippen molar-refractivity contribution in [2.24, 2.45) is 0 Å². The number of pyridine rings is 1. The third-order valence-electron chi connectivity index (χ3n) is 4.84. The van der Waals surface area contributed by atoms with Crippen LogP contribution in [-0.2, 0) is 6.54 Å². The Kier molecular flexibility index (Phi) is 5.19. The minimum atomic E-state index is -0.927. The van der Waals surface area contributed by atoms with Gasteiger partial charge in [0.25, 0.3) is 0 Å². The normalized spacial score (nSPS) is 16.5. The van der Waals surface area contributed by atoms with Crippen molar-refractivity contribution in [3.05, 3.63) is 39.8 Å². The Hall–Kier alpha value is -2.65. The molecule has 1 saturated heterocycles. The number of likely N-dealkylation sites (N-methyl/N-ethyl adjacent to an activating group) is 1. The van der Waals surface area contributed by atoms with Crippen LogP contribution < -0.4 is 10.2 Å². The van der Waals surface area contributed by atoms with Crippen LogP contribution in [0.3, 0.4) is 0 Å². The van der Waals surface area contributed by atoms with Gasteiger partial charge >= 0.3 is 6.09 Å². The van der Waals surface area contributed by atoms with Gasteiger partial charge in [0.05, 0.1) is 24.3 Å². The van der Waals surface area contributed by atoms with E-state index < -0.39 is 6.09 Å². The van der Waals surface area contributed by atoms with E-state index in [-0.39, 0.29) is 6.04 Å². The summed E-state index contributed by atoms with van der Waals surface area (Å²) in [5.41, 5.74) is 0.693. The fourth-order valence-corrected chi connectivity index (χ4v) is 4.05. The van der Waals surface area contributed by atoms with Gasteiger partial charge in [-0.1, -0.05) is 17.7 Å². The lowest BCUT2D eigenvalue weighted by Gasteiger charge is -2.22. The van der Waals surface area contributed by atoms with Gasteiger partial charge in [0.2, 0.25) is 5.95 Å². The molecular weight excluding hydrogens is 400 g/mol. The summed E-state index contributed by atoms with van der Waals surface area (Å²) in [6, 6.07) is 5.74. The van der Waals surface area contributed by atoms with E-state index in [0.717, 1.165) is 11.8 Å². The van der Waals surface area contributed by atoms with Crippen LogP contribution in [0.1, 0.15) is 11.3 Å². The number of hydrogen-bond donors (Lipinski definition) is 2. The van der Waals surface area contributed by atoms with Crippen molar-refractivity contribution in [3.8, 4) is 0 Å². The monoisotopic (exact) mass is 418 g/mol. The third-order valence-corrected chi connectivity index (χ3v) is 5.93. The second kappa shape index (κ2) is 7.76. The van der Waals surface area contributed by atoms with Crippen molar-refractivity contribution in [3.63, 3.8) is 0 Å². The summed E-state index contributed by atoms with van der Waals surface area (Å²) in [6.07, 6.45) is 1.44. The van der Waals surface area contributed by atoms with Gasteiger partial charge in [-0.2, -0.15) is 4.98 Å². The number of fused-ring (bicyclic) bond motifs is 1. The molecule has 0 saturated carbocycles. The minimum absolute atomic E-state index is 0.0809. The number of nitrogens with zero attached hydrogens (tertiary/aromatic N) is 5. The molecule has 3 aromatic rings. The number of carbonyl (C=O) groups is 1. The Bertz CT molecular complexity index is 999. The van der Waals surface area contributed by atoms with Crippen LogP contribution >= 0.6 is 22.9 Å². The molecule has 1 aliphatic rings. The number of halogens is 1. The van der Waals surface area contributed by atoms with E-state index in [1.807, 2.05) is 16.3 Å². The average Bonchev–Trinajstić information content (AvgIpc) is 3.37. The molecule has 4 rings (SSSR count). The molecule has 1 amide bonds. The first-order chi connectivity index (χ1) is 13.5. The molecular formula is C18H19ClN6O2S. The van der Waals surface area contributed by atoms with Gasteiger partial charge < -0.3 is 20.2 Å². The van der Waals surface area contributed by atoms with E-state index in [1.165, 1.54) is 9.78 Å². The first-order valence-corrected chi connectivity index (χ1v) is 10.1. The fraction of sp³-hybridized carbons (Fsp3) is 0.333. The maximum atomic E-state index is 11.2. The summed E-state index contributed by atoms with van der Waals surface area (Å²) in [7, 11) is 1.59. The predicted octanol–water partition coefficient (Wildman–Crippen LogP) is 3.54. The third kappa shape index (κ3) is 3.81. The zero-order valence-corrected chi connectivity index (χ0v) is 16.7. The molecule has 8 nitrogen and oxygen atoms in total. The lowest BCUT2D eigenvalue weighted by molar-refractivity contribution is 0.142. The van der Waals surface area contributed by atoms with Crippen molar-refractivity contribution < 1.29 is 9.90 Å². The lowest BCUT2D eigenvalue weighted by atomic mass is 10.2. The first-order valence-electron chi connectivity index (χ1n) is 8.81. The van der Waals surface area contributed by atoms with Gasteiger partial charge in [-0.05, 0) is 23.9 Å². The summed E-state index contributed by atoms with van der Waals surface area (Å²) in [5.74, 6) is 1.25. The minimum Gasteiger partial charge on any atom is -0.465 e. The molecule has 0 radical (unpaired) electrons. The smallest absolute Gasteiger partial charge is 0.407 e. The Morgan fingerprint density at radius 1 is 1.50 bits per heavy atom. The zero-order valence-electron chi connectivity index (χ0n) is 15.2. The van der Waals surface area contributed by atoms with Gasteiger partial charge in [-0.15, -0.1) is 11.3 Å². The Morgan fingerprint density at radius 2 is 2.36 bits per heavy atom. The number of anilines is 2. The molecule has 4 heterocycles. The summed E-state index contributed by atoms with van der Waals surface area (Å²) in [6.45, 7) is 1.90. The van der Waals surface area contributed by atoms with Gasteiger partial charge in [0.15, 0.2) is 0 Å². The van der Waals surface area contributed by atoms with E-state index in [4.69, 9.17) is 16.6 Å². The molecule has 1 unspecified atom stereocenters. The number of hydrogen-bond acceptors (Lipinski definition) is 7. The Labute approximate surface area is 170 Å². The zero-order chi connectivity index (χ0) is 19.7. The molecule has 0 bridgehead atoms. The first kappa shape index (κ1) is 18.7. The molecule has 0 aromatic carbocycles. The van der Waals surface area contributed by atoms with Crippen molar-refractivity contribution in [1.82, 2.24) is 19.9 Å². The number of amides is 1. The van der Waals surface area contributed by atoms with E-state index in [2.05, 4.69) is 21.4 Å². The van der Waals surface area contributed by atoms with E-state index in [9.17, 15) is 9.90 Å². The maximum absolute atomic E-state index is 11.2. The summed E-state index contributed by atoms with van der Waals surface area (Å²) in [5, 5.41) is 15.8. The maximum Gasteiger partial charge on any atom is 0.407 e. The van der Waals surface area contributed by atoms with E-state index in [1.54, 1.807) is 30.6 Å². The SMILES string of the molecule is CN(C(=O)O)C1CCN(c2nc(NCc3cccs3)c3cc(Cl)ncc3n2)C1. The fourth-order valence-electron chi connectivity index (χ4n) is 3.25. The summed E-state index contributed by atoms with van der Waals surface area (Å²) < 4.78 is 0. The molecule has 1 fully saturated rings. The van der Waals surface area contributed by atoms with E-state index >= 15 is 0 Å². The lowest BCUT2D eigenvalue weighted by Crippen LogP contribution is -2.38. The number of nitrogens with one attached hydrogen (secondary N) is 1. The number of carboxylic acid groups (broad SMARTS) is 1. The molecule has 0 spiro atoms. The number of rotatable bonds is 5. The van der Waals surface area contributed by atoms with Crippen molar-refractivity contribution in [2.45, 2.75) is 19.0 Å². The quantitative estimate of drug-likeness (QED) is 0.612. The van der Waals surface area contributed by atoms with Gasteiger partial charge in [0.1, 0.15) is 11.0 Å². The highest BCUT2D eigenvalue weighted by atomic mass is 35.5. The van der Waals surface area contributed by atoms with Crippen molar-refractivity contribution in [1.29, 1.82) is 0 Å². The van der Waals surface area contributed by atoms with Gasteiger partial charge in [-0.25, -0.2) is 14.8 Å². The van der Waals surface area contributed by atoms with Crippen LogP contribution in [0.25, 0.3) is 10.9 Å². The summed E-state index contributed by atoms with van der Waals surface area (Å²) in [4.78, 5) is 29.3. The van der Waals surface area contributed by atoms with Crippen molar-refractivity contribution in [2.75, 3.05) is 30.4 Å². The molecule has 3 aromatic heterocycles. The van der Waals surface area contributed by atoms with Crippen LogP contribution in [0.2, 0.25) is 5.15 Å². The van der Waals surface area contributed by atoms with Crippen LogP contribution in [-0.4, -0.2) is 57.2 Å². The standard InChI is InChI=1S/C18H19ClN6O2S/c1-24(18(26)27)11-4-5-25(10-11)17-22-14-9-20-15(19)7-13(14)16(23-17)21-8-12-3-2-6-28-12/h2-3,6-7,9,11H,4-5,8,10H2,1H3,(H,26,27)(H,21,22,23). The van der Waals surface area contributed by atoms with Crippen molar-refractivity contribution >= 4 is 51.7 Å². The second-order valence-corrected chi connectivity index (χ2v) is 8.03. The van der Waals surface area contributed by atoms with Crippen LogP contribution in [0, 0.1) is 0 Å². The molecule has 28 heavy (non-hydrogen) atoms. The van der Waals surface area contributed by atoms with Crippen LogP contribution in [0.15, 0.2) is 29.8 Å². The Morgan fingerprint density at radius 3 is 3.11 bits per heavy atom. The average molecular weight is 419 g/mol. The van der Waals surface area contributed by atoms with E-state index in [0.29, 0.717) is 42.1 Å². The number of aromatic nitrogens is 3. The van der Waals surface area contributed by atoms with Gasteiger partial charge in [0, 0.05) is 30.4 Å². The highest BCUT2D eigenvalue weighted by Gasteiger charge is 2.30. The highest BCUT2D eigenvalue weighted by molar-refractivity contribution is 7.09. The molecule has 1 aliphatic heterocycles. The molecule has 2 N–H and O–H groups in total. The largest absolute Gasteiger partial charge is 0.465 e. The Balaban J connectivity index is 1.64. The summed E-state index contributed by atoms with van der Waals surface area (Å²) >= 11 is 7.75. The molecule has 10 heteroatoms. The topological polar surface area (TPSA) is 94.5 Å². The highest BCUT2D eigenvalue weighted by Crippen LogP contribution is 2.28. The van der Waals surface area contributed by atoms with Crippen LogP contribution in [0.5, 0.6) is 0 Å². The molecule has 146 valence electrons. The van der Waals surface area contributed by atoms with Gasteiger partial charge in [-0.3, -0.25) is 0 Å². The predicted molar refractivity (Wildman–Crippen MR) is 110 cm³/mol. The molecule has 1 atom stereocenters. The second-order valence-electron chi connectivity index (χ2n) is 6.61. The van der Waals surface area contributed by atoms with Crippen LogP contribution in [0.4, 0.5) is 16.6 Å². The number of thiophene rings is 1.